The van der Waals surface area contributed by atoms with Crippen molar-refractivity contribution in [3.05, 3.63) is 47.9 Å². The Morgan fingerprint density at radius 2 is 2.08 bits per heavy atom. The van der Waals surface area contributed by atoms with Crippen molar-refractivity contribution in [1.29, 1.82) is 0 Å². The molecule has 0 spiro atoms. The second-order valence-electron chi connectivity index (χ2n) is 5.71. The highest BCUT2D eigenvalue weighted by Gasteiger charge is 2.46. The van der Waals surface area contributed by atoms with Crippen molar-refractivity contribution in [3.63, 3.8) is 0 Å². The lowest BCUT2D eigenvalue weighted by atomic mass is 10.2. The Bertz CT molecular complexity index is 757. The number of carbonyl (C=O) groups excluding carboxylic acids is 2. The number of benzene rings is 1. The molecule has 2 amide bonds. The fourth-order valence-electron chi connectivity index (χ4n) is 2.67. The van der Waals surface area contributed by atoms with Crippen molar-refractivity contribution in [2.45, 2.75) is 19.3 Å². The van der Waals surface area contributed by atoms with Gasteiger partial charge in [-0.25, -0.2) is 0 Å². The standard InChI is InChI=1S/C18H20N2O5/c1-3-24-15-7-6-11(9-16(15)23-2)17(21)19-20-18(22)13-10-12(13)14-5-4-8-25-14/h4-9,12-13H,3,10H2,1-2H3,(H,19,21)(H,20,22). The van der Waals surface area contributed by atoms with Crippen LogP contribution in [0.4, 0.5) is 0 Å². The number of ether oxygens (including phenoxy) is 2. The number of furan rings is 1. The average Bonchev–Trinajstić information content (AvgIpc) is 3.25. The summed E-state index contributed by atoms with van der Waals surface area (Å²) in [5.74, 6) is 1.06. The van der Waals surface area contributed by atoms with Gasteiger partial charge in [0.05, 0.1) is 25.9 Å². The Labute approximate surface area is 145 Å². The first-order valence-corrected chi connectivity index (χ1v) is 8.08. The Hall–Kier alpha value is -2.96. The van der Waals surface area contributed by atoms with E-state index in [0.29, 0.717) is 30.1 Å². The molecular weight excluding hydrogens is 324 g/mol. The van der Waals surface area contributed by atoms with E-state index in [0.717, 1.165) is 5.76 Å². The first-order valence-electron chi connectivity index (χ1n) is 8.08. The Morgan fingerprint density at radius 3 is 2.76 bits per heavy atom. The summed E-state index contributed by atoms with van der Waals surface area (Å²) in [5, 5.41) is 0. The zero-order valence-corrected chi connectivity index (χ0v) is 14.1. The molecule has 1 saturated carbocycles. The zero-order chi connectivity index (χ0) is 17.8. The second-order valence-corrected chi connectivity index (χ2v) is 5.71. The predicted molar refractivity (Wildman–Crippen MR) is 89.3 cm³/mol. The maximum absolute atomic E-state index is 12.2. The van der Waals surface area contributed by atoms with Gasteiger partial charge in [0.25, 0.3) is 5.91 Å². The smallest absolute Gasteiger partial charge is 0.269 e. The van der Waals surface area contributed by atoms with Crippen LogP contribution in [0.25, 0.3) is 0 Å². The van der Waals surface area contributed by atoms with E-state index in [1.165, 1.54) is 7.11 Å². The summed E-state index contributed by atoms with van der Waals surface area (Å²) >= 11 is 0. The van der Waals surface area contributed by atoms with E-state index >= 15 is 0 Å². The molecule has 1 aliphatic carbocycles. The topological polar surface area (TPSA) is 89.8 Å². The van der Waals surface area contributed by atoms with Gasteiger partial charge in [0.1, 0.15) is 5.76 Å². The van der Waals surface area contributed by atoms with E-state index in [-0.39, 0.29) is 17.7 Å². The van der Waals surface area contributed by atoms with Gasteiger partial charge in [0.15, 0.2) is 11.5 Å². The minimum absolute atomic E-state index is 0.0810. The summed E-state index contributed by atoms with van der Waals surface area (Å²) in [7, 11) is 1.50. The largest absolute Gasteiger partial charge is 0.493 e. The molecule has 1 heterocycles. The van der Waals surface area contributed by atoms with E-state index in [2.05, 4.69) is 10.9 Å². The van der Waals surface area contributed by atoms with Gasteiger partial charge >= 0.3 is 0 Å². The molecule has 7 heteroatoms. The van der Waals surface area contributed by atoms with E-state index in [4.69, 9.17) is 13.9 Å². The molecule has 2 atom stereocenters. The van der Waals surface area contributed by atoms with Gasteiger partial charge in [-0.05, 0) is 43.7 Å². The summed E-state index contributed by atoms with van der Waals surface area (Å²) in [6.45, 7) is 2.36. The maximum atomic E-state index is 12.2. The Kier molecular flexibility index (Phi) is 4.92. The van der Waals surface area contributed by atoms with Crippen molar-refractivity contribution < 1.29 is 23.5 Å². The number of hydrazine groups is 1. The van der Waals surface area contributed by atoms with Crippen LogP contribution in [-0.4, -0.2) is 25.5 Å². The average molecular weight is 344 g/mol. The number of amides is 2. The molecule has 132 valence electrons. The summed E-state index contributed by atoms with van der Waals surface area (Å²) in [4.78, 5) is 24.3. The third kappa shape index (κ3) is 3.76. The van der Waals surface area contributed by atoms with Gasteiger partial charge < -0.3 is 13.9 Å². The predicted octanol–water partition coefficient (Wildman–Crippen LogP) is 2.25. The zero-order valence-electron chi connectivity index (χ0n) is 14.1. The molecule has 25 heavy (non-hydrogen) atoms. The number of rotatable bonds is 6. The molecule has 0 radical (unpaired) electrons. The number of hydrogen-bond acceptors (Lipinski definition) is 5. The van der Waals surface area contributed by atoms with Crippen LogP contribution in [0.1, 0.15) is 35.4 Å². The van der Waals surface area contributed by atoms with Crippen LogP contribution in [0.2, 0.25) is 0 Å². The molecule has 0 saturated heterocycles. The number of nitrogens with one attached hydrogen (secondary N) is 2. The Balaban J connectivity index is 1.55. The van der Waals surface area contributed by atoms with Gasteiger partial charge in [-0.1, -0.05) is 0 Å². The highest BCUT2D eigenvalue weighted by molar-refractivity contribution is 5.96. The summed E-state index contributed by atoms with van der Waals surface area (Å²) < 4.78 is 15.9. The lowest BCUT2D eigenvalue weighted by Gasteiger charge is -2.11. The van der Waals surface area contributed by atoms with Crippen molar-refractivity contribution in [3.8, 4) is 11.5 Å². The Morgan fingerprint density at radius 1 is 1.24 bits per heavy atom. The van der Waals surface area contributed by atoms with Crippen LogP contribution in [-0.2, 0) is 4.79 Å². The molecule has 1 aromatic heterocycles. The van der Waals surface area contributed by atoms with Gasteiger partial charge in [-0.15, -0.1) is 0 Å². The third-order valence-corrected chi connectivity index (χ3v) is 4.06. The molecule has 2 unspecified atom stereocenters. The summed E-state index contributed by atoms with van der Waals surface area (Å²) in [5.41, 5.74) is 5.24. The molecule has 0 aliphatic heterocycles. The molecule has 2 aromatic rings. The van der Waals surface area contributed by atoms with Crippen LogP contribution in [0, 0.1) is 5.92 Å². The third-order valence-electron chi connectivity index (χ3n) is 4.06. The monoisotopic (exact) mass is 344 g/mol. The van der Waals surface area contributed by atoms with Crippen molar-refractivity contribution in [2.75, 3.05) is 13.7 Å². The molecular formula is C18H20N2O5. The SMILES string of the molecule is CCOc1ccc(C(=O)NNC(=O)C2CC2c2ccco2)cc1OC. The number of hydrogen-bond donors (Lipinski definition) is 2. The minimum Gasteiger partial charge on any atom is -0.493 e. The maximum Gasteiger partial charge on any atom is 0.269 e. The van der Waals surface area contributed by atoms with Crippen LogP contribution in [0.5, 0.6) is 11.5 Å². The highest BCUT2D eigenvalue weighted by Crippen LogP contribution is 2.47. The number of methoxy groups -OCH3 is 1. The van der Waals surface area contributed by atoms with Gasteiger partial charge in [-0.3, -0.25) is 20.4 Å². The highest BCUT2D eigenvalue weighted by atomic mass is 16.5. The van der Waals surface area contributed by atoms with Crippen molar-refractivity contribution in [1.82, 2.24) is 10.9 Å². The fraction of sp³-hybridized carbons (Fsp3) is 0.333. The van der Waals surface area contributed by atoms with Gasteiger partial charge in [0.2, 0.25) is 5.91 Å². The van der Waals surface area contributed by atoms with Crippen LogP contribution >= 0.6 is 0 Å². The van der Waals surface area contributed by atoms with E-state index < -0.39 is 5.91 Å². The molecule has 0 bridgehead atoms. The van der Waals surface area contributed by atoms with Gasteiger partial charge in [0, 0.05) is 11.5 Å². The van der Waals surface area contributed by atoms with Crippen LogP contribution < -0.4 is 20.3 Å². The summed E-state index contributed by atoms with van der Waals surface area (Å²) in [6.07, 6.45) is 2.30. The van der Waals surface area contributed by atoms with Gasteiger partial charge in [-0.2, -0.15) is 0 Å². The first kappa shape index (κ1) is 16.9. The van der Waals surface area contributed by atoms with E-state index in [1.807, 2.05) is 13.0 Å². The minimum atomic E-state index is -0.426. The van der Waals surface area contributed by atoms with Crippen LogP contribution in [0.3, 0.4) is 0 Å². The molecule has 1 aliphatic rings. The van der Waals surface area contributed by atoms with E-state index in [1.54, 1.807) is 30.5 Å². The van der Waals surface area contributed by atoms with Crippen molar-refractivity contribution >= 4 is 11.8 Å². The molecule has 2 N–H and O–H groups in total. The summed E-state index contributed by atoms with van der Waals surface area (Å²) in [6, 6.07) is 8.48. The lowest BCUT2D eigenvalue weighted by Crippen LogP contribution is -2.42. The lowest BCUT2D eigenvalue weighted by molar-refractivity contribution is -0.123. The molecule has 1 aromatic carbocycles. The van der Waals surface area contributed by atoms with Crippen molar-refractivity contribution in [2.24, 2.45) is 5.92 Å². The molecule has 3 rings (SSSR count). The van der Waals surface area contributed by atoms with Crippen LogP contribution in [0.15, 0.2) is 41.0 Å². The normalized spacial score (nSPS) is 18.3. The fourth-order valence-corrected chi connectivity index (χ4v) is 2.67. The number of carbonyl (C=O) groups is 2. The molecule has 7 nitrogen and oxygen atoms in total. The molecule has 1 fully saturated rings. The quantitative estimate of drug-likeness (QED) is 0.785. The van der Waals surface area contributed by atoms with E-state index in [9.17, 15) is 9.59 Å². The first-order chi connectivity index (χ1) is 12.1. The second kappa shape index (κ2) is 7.29.